The first-order chi connectivity index (χ1) is 32.8. The van der Waals surface area contributed by atoms with Crippen LogP contribution in [0, 0.1) is 22.9 Å². The lowest BCUT2D eigenvalue weighted by Gasteiger charge is -2.37. The van der Waals surface area contributed by atoms with Crippen molar-refractivity contribution < 1.29 is 22.5 Å². The SMILES string of the molecule is Cc1c(C(=O)NCCCN2CCN(C)CC2)c(-c2cccc(N3CCN(c4ccc(NS(=O)(=O)c5ccc(NCCSc6ccccc6)c([N+](=O)[O-])c5)cc4)CC3)c2)c(-c2ccc(F)cc2)n1C. The van der Waals surface area contributed by atoms with Crippen LogP contribution in [-0.2, 0) is 17.1 Å². The van der Waals surface area contributed by atoms with Gasteiger partial charge in [0.05, 0.1) is 21.1 Å². The van der Waals surface area contributed by atoms with Gasteiger partial charge < -0.3 is 34.8 Å². The molecule has 0 spiro atoms. The van der Waals surface area contributed by atoms with Gasteiger partial charge in [0, 0.05) is 118 Å². The van der Waals surface area contributed by atoms with Crippen molar-refractivity contribution in [3.8, 4) is 22.4 Å². The average Bonchev–Trinajstić information content (AvgIpc) is 3.62. The number of benzene rings is 5. The maximum absolute atomic E-state index is 14.2. The number of carbonyl (C=O) groups excluding carboxylic acids is 1. The minimum absolute atomic E-state index is 0.131. The van der Waals surface area contributed by atoms with E-state index in [2.05, 4.69) is 54.1 Å². The first-order valence-corrected chi connectivity index (χ1v) is 25.4. The topological polar surface area (TPSA) is 148 Å². The summed E-state index contributed by atoms with van der Waals surface area (Å²) in [5.74, 6) is 0.208. The van der Waals surface area contributed by atoms with Crippen molar-refractivity contribution in [2.75, 3.05) is 105 Å². The molecule has 0 aliphatic carbocycles. The number of nitrogens with one attached hydrogen (secondary N) is 3. The number of amides is 1. The van der Waals surface area contributed by atoms with E-state index in [1.54, 1.807) is 36.0 Å². The quantitative estimate of drug-likeness (QED) is 0.0330. The zero-order valence-corrected chi connectivity index (χ0v) is 40.3. The minimum Gasteiger partial charge on any atom is -0.379 e. The van der Waals surface area contributed by atoms with E-state index in [1.165, 1.54) is 24.3 Å². The number of nitrogens with zero attached hydrogens (tertiary/aromatic N) is 6. The lowest BCUT2D eigenvalue weighted by atomic mass is 9.95. The minimum atomic E-state index is -4.13. The number of rotatable bonds is 18. The number of hydrogen-bond donors (Lipinski definition) is 3. The van der Waals surface area contributed by atoms with E-state index in [4.69, 9.17) is 0 Å². The molecule has 0 bridgehead atoms. The van der Waals surface area contributed by atoms with Gasteiger partial charge in [-0.15, -0.1) is 11.8 Å². The Kier molecular flexibility index (Phi) is 15.3. The lowest BCUT2D eigenvalue weighted by molar-refractivity contribution is -0.384. The maximum Gasteiger partial charge on any atom is 0.293 e. The van der Waals surface area contributed by atoms with Crippen LogP contribution in [0.4, 0.5) is 32.8 Å². The summed E-state index contributed by atoms with van der Waals surface area (Å²) in [4.78, 5) is 35.8. The Hall–Kier alpha value is -6.40. The fourth-order valence-electron chi connectivity index (χ4n) is 8.86. The zero-order chi connectivity index (χ0) is 47.8. The van der Waals surface area contributed by atoms with Crippen LogP contribution in [0.5, 0.6) is 0 Å². The first kappa shape index (κ1) is 48.1. The molecular formula is C51H58FN9O5S2. The van der Waals surface area contributed by atoms with Gasteiger partial charge in [-0.25, -0.2) is 12.8 Å². The van der Waals surface area contributed by atoms with Gasteiger partial charge in [0.15, 0.2) is 0 Å². The molecule has 0 unspecified atom stereocenters. The normalized spacial score (nSPS) is 14.8. The van der Waals surface area contributed by atoms with E-state index < -0.39 is 14.9 Å². The Labute approximate surface area is 402 Å². The second-order valence-electron chi connectivity index (χ2n) is 17.2. The van der Waals surface area contributed by atoms with Gasteiger partial charge in [-0.2, -0.15) is 0 Å². The maximum atomic E-state index is 14.2. The molecule has 0 saturated carbocycles. The van der Waals surface area contributed by atoms with Crippen LogP contribution in [0.25, 0.3) is 22.4 Å². The molecule has 14 nitrogen and oxygen atoms in total. The van der Waals surface area contributed by atoms with Crippen molar-refractivity contribution in [3.63, 3.8) is 0 Å². The summed E-state index contributed by atoms with van der Waals surface area (Å²) in [5, 5.41) is 18.3. The molecule has 0 radical (unpaired) electrons. The number of likely N-dealkylation sites (N-methyl/N-ethyl adjacent to an activating group) is 1. The molecule has 6 aromatic rings. The predicted molar refractivity (Wildman–Crippen MR) is 272 cm³/mol. The summed E-state index contributed by atoms with van der Waals surface area (Å²) in [7, 11) is -0.0407. The van der Waals surface area contributed by atoms with Crippen molar-refractivity contribution >= 4 is 56.1 Å². The number of aromatic nitrogens is 1. The number of thioether (sulfide) groups is 1. The highest BCUT2D eigenvalue weighted by molar-refractivity contribution is 7.99. The third kappa shape index (κ3) is 11.5. The van der Waals surface area contributed by atoms with Crippen molar-refractivity contribution in [2.24, 2.45) is 7.05 Å². The predicted octanol–water partition coefficient (Wildman–Crippen LogP) is 8.41. The molecule has 1 aromatic heterocycles. The van der Waals surface area contributed by atoms with Gasteiger partial charge >= 0.3 is 0 Å². The van der Waals surface area contributed by atoms with Crippen LogP contribution >= 0.6 is 11.8 Å². The van der Waals surface area contributed by atoms with Crippen molar-refractivity contribution in [3.05, 3.63) is 149 Å². The zero-order valence-electron chi connectivity index (χ0n) is 38.7. The number of sulfonamides is 1. The summed E-state index contributed by atoms with van der Waals surface area (Å²) in [5.41, 5.74) is 7.00. The molecular weight excluding hydrogens is 902 g/mol. The second kappa shape index (κ2) is 21.7. The van der Waals surface area contributed by atoms with Crippen LogP contribution in [0.2, 0.25) is 0 Å². The summed E-state index contributed by atoms with van der Waals surface area (Å²) >= 11 is 1.61. The Morgan fingerprint density at radius 2 is 1.46 bits per heavy atom. The van der Waals surface area contributed by atoms with Crippen molar-refractivity contribution in [2.45, 2.75) is 23.1 Å². The molecule has 2 fully saturated rings. The molecule has 1 amide bonds. The van der Waals surface area contributed by atoms with Crippen LogP contribution in [0.3, 0.4) is 0 Å². The number of carbonyl (C=O) groups is 1. The molecule has 2 aliphatic heterocycles. The monoisotopic (exact) mass is 959 g/mol. The molecule has 17 heteroatoms. The summed E-state index contributed by atoms with van der Waals surface area (Å²) < 4.78 is 45.7. The van der Waals surface area contributed by atoms with E-state index in [9.17, 15) is 27.7 Å². The fourth-order valence-corrected chi connectivity index (χ4v) is 10.7. The number of anilines is 4. The van der Waals surface area contributed by atoms with E-state index in [0.717, 1.165) is 89.6 Å². The number of nitro groups is 1. The summed E-state index contributed by atoms with van der Waals surface area (Å²) in [6, 6.07) is 35.5. The Morgan fingerprint density at radius 1 is 0.765 bits per heavy atom. The number of nitro benzene ring substituents is 1. The van der Waals surface area contributed by atoms with Gasteiger partial charge in [0.1, 0.15) is 11.5 Å². The molecule has 8 rings (SSSR count). The Balaban J connectivity index is 0.913. The highest BCUT2D eigenvalue weighted by atomic mass is 32.2. The van der Waals surface area contributed by atoms with Gasteiger partial charge in [0.2, 0.25) is 0 Å². The highest BCUT2D eigenvalue weighted by Crippen LogP contribution is 2.40. The molecule has 2 aliphatic rings. The van der Waals surface area contributed by atoms with Crippen LogP contribution in [0.1, 0.15) is 22.5 Å². The molecule has 0 atom stereocenters. The average molecular weight is 960 g/mol. The smallest absolute Gasteiger partial charge is 0.293 e. The number of piperazine rings is 2. The molecule has 2 saturated heterocycles. The number of hydrogen-bond acceptors (Lipinski definition) is 11. The van der Waals surface area contributed by atoms with Crippen LogP contribution < -0.4 is 25.2 Å². The molecule has 3 N–H and O–H groups in total. The highest BCUT2D eigenvalue weighted by Gasteiger charge is 2.28. The molecule has 5 aromatic carbocycles. The largest absolute Gasteiger partial charge is 0.379 e. The van der Waals surface area contributed by atoms with E-state index in [-0.39, 0.29) is 28.0 Å². The molecule has 3 heterocycles. The second-order valence-corrected chi connectivity index (χ2v) is 20.1. The van der Waals surface area contributed by atoms with E-state index in [1.807, 2.05) is 73.1 Å². The van der Waals surface area contributed by atoms with Crippen LogP contribution in [-0.4, -0.2) is 118 Å². The summed E-state index contributed by atoms with van der Waals surface area (Å²) in [6.07, 6.45) is 0.851. The van der Waals surface area contributed by atoms with Gasteiger partial charge in [-0.05, 0) is 123 Å². The van der Waals surface area contributed by atoms with E-state index >= 15 is 0 Å². The lowest BCUT2D eigenvalue weighted by Crippen LogP contribution is -2.46. The third-order valence-electron chi connectivity index (χ3n) is 12.7. The van der Waals surface area contributed by atoms with Crippen molar-refractivity contribution in [1.29, 1.82) is 0 Å². The van der Waals surface area contributed by atoms with Gasteiger partial charge in [0.25, 0.3) is 21.6 Å². The van der Waals surface area contributed by atoms with E-state index in [0.29, 0.717) is 56.3 Å². The Bertz CT molecular complexity index is 2810. The fraction of sp³-hybridized carbons (Fsp3) is 0.314. The molecule has 356 valence electrons. The molecule has 68 heavy (non-hydrogen) atoms. The summed E-state index contributed by atoms with van der Waals surface area (Å²) in [6.45, 7) is 10.9. The van der Waals surface area contributed by atoms with Gasteiger partial charge in [-0.3, -0.25) is 19.6 Å². The van der Waals surface area contributed by atoms with Crippen molar-refractivity contribution in [1.82, 2.24) is 19.7 Å². The standard InChI is InChI=1S/C51H58FN9O5S2/c1-37-48(51(62)54-23-8-25-58-28-26-56(2)27-29-58)49(50(57(37)3)38-13-15-40(52)16-14-38)39-9-7-10-43(35-39)60-32-30-59(31-33-60)42-19-17-41(18-20-42)55-68(65,66)45-21-22-46(47(36-45)61(63)64)53-24-34-67-44-11-5-4-6-12-44/h4-7,9-22,35-36,53,55H,8,23-34H2,1-3H3,(H,54,62). The third-order valence-corrected chi connectivity index (χ3v) is 15.1. The Morgan fingerprint density at radius 3 is 2.15 bits per heavy atom. The van der Waals surface area contributed by atoms with Gasteiger partial charge in [-0.1, -0.05) is 30.3 Å². The van der Waals surface area contributed by atoms with Crippen LogP contribution in [0.15, 0.2) is 131 Å². The number of halogens is 1. The first-order valence-electron chi connectivity index (χ1n) is 22.9.